The molecule has 0 aliphatic heterocycles. The van der Waals surface area contributed by atoms with Crippen molar-refractivity contribution in [1.29, 1.82) is 5.26 Å². The average Bonchev–Trinajstić information content (AvgIpc) is 2.22. The van der Waals surface area contributed by atoms with Crippen molar-refractivity contribution in [2.75, 3.05) is 0 Å². The van der Waals surface area contributed by atoms with Crippen LogP contribution in [0.15, 0.2) is 10.1 Å². The molecular formula is C7HCl6F2N. The van der Waals surface area contributed by atoms with Crippen LogP contribution in [-0.4, -0.2) is 20.5 Å². The largest absolute Gasteiger partial charge is 0.270 e. The summed E-state index contributed by atoms with van der Waals surface area (Å²) in [6.45, 7) is 0. The van der Waals surface area contributed by atoms with E-state index in [0.29, 0.717) is 0 Å². The van der Waals surface area contributed by atoms with Crippen molar-refractivity contribution in [1.82, 2.24) is 0 Å². The first-order valence-corrected chi connectivity index (χ1v) is 5.92. The summed E-state index contributed by atoms with van der Waals surface area (Å²) >= 11 is 32.5. The fourth-order valence-corrected chi connectivity index (χ4v) is 2.96. The van der Waals surface area contributed by atoms with Crippen molar-refractivity contribution in [2.24, 2.45) is 0 Å². The van der Waals surface area contributed by atoms with Crippen LogP contribution in [-0.2, 0) is 0 Å². The highest BCUT2D eigenvalue weighted by molar-refractivity contribution is 6.54. The molecule has 0 N–H and O–H groups in total. The normalized spacial score (nSPS) is 49.1. The van der Waals surface area contributed by atoms with Crippen LogP contribution in [0.3, 0.4) is 0 Å². The van der Waals surface area contributed by atoms with Gasteiger partial charge in [0, 0.05) is 0 Å². The molecule has 1 nitrogen and oxygen atoms in total. The van der Waals surface area contributed by atoms with Gasteiger partial charge in [-0.15, -0.1) is 11.6 Å². The van der Waals surface area contributed by atoms with Gasteiger partial charge in [0.15, 0.2) is 0 Å². The van der Waals surface area contributed by atoms with Gasteiger partial charge in [-0.3, -0.25) is 0 Å². The van der Waals surface area contributed by atoms with Crippen LogP contribution in [0.1, 0.15) is 0 Å². The second-order valence-electron chi connectivity index (χ2n) is 2.99. The second kappa shape index (κ2) is 4.19. The second-order valence-corrected chi connectivity index (χ2v) is 5.85. The number of alkyl halides is 6. The summed E-state index contributed by atoms with van der Waals surface area (Å²) in [4.78, 5) is -2.74. The highest BCUT2D eigenvalue weighted by Gasteiger charge is 2.73. The van der Waals surface area contributed by atoms with Gasteiger partial charge in [0.25, 0.3) is 10.3 Å². The fourth-order valence-electron chi connectivity index (χ4n) is 1.08. The maximum Gasteiger partial charge on any atom is 0.270 e. The third-order valence-corrected chi connectivity index (χ3v) is 5.65. The van der Waals surface area contributed by atoms with E-state index in [2.05, 4.69) is 0 Å². The van der Waals surface area contributed by atoms with Crippen LogP contribution in [0.5, 0.6) is 0 Å². The number of allylic oxidation sites excluding steroid dienone is 2. The van der Waals surface area contributed by atoms with Gasteiger partial charge in [-0.1, -0.05) is 58.0 Å². The quantitative estimate of drug-likeness (QED) is 0.586. The molecule has 1 aliphatic carbocycles. The third kappa shape index (κ3) is 1.62. The summed E-state index contributed by atoms with van der Waals surface area (Å²) < 4.78 is 27.9. The van der Waals surface area contributed by atoms with Crippen molar-refractivity contribution in [3.63, 3.8) is 0 Å². The van der Waals surface area contributed by atoms with Gasteiger partial charge in [-0.05, 0) is 0 Å². The van der Waals surface area contributed by atoms with Gasteiger partial charge in [-0.25, -0.2) is 8.78 Å². The van der Waals surface area contributed by atoms with E-state index in [-0.39, 0.29) is 0 Å². The summed E-state index contributed by atoms with van der Waals surface area (Å²) in [5.74, 6) is 0. The molecule has 0 saturated heterocycles. The number of nitriles is 1. The number of nitrogens with zero attached hydrogens (tertiary/aromatic N) is 1. The van der Waals surface area contributed by atoms with Crippen LogP contribution in [0.25, 0.3) is 0 Å². The van der Waals surface area contributed by atoms with Crippen molar-refractivity contribution in [3.8, 4) is 6.07 Å². The molecule has 16 heavy (non-hydrogen) atoms. The molecule has 0 aromatic rings. The first kappa shape index (κ1) is 14.9. The molecule has 1 rings (SSSR count). The van der Waals surface area contributed by atoms with Gasteiger partial charge in [0.05, 0.1) is 16.1 Å². The van der Waals surface area contributed by atoms with Crippen LogP contribution >= 0.6 is 69.6 Å². The molecule has 0 radical (unpaired) electrons. The number of hydrogen-bond donors (Lipinski definition) is 0. The maximum atomic E-state index is 14.0. The van der Waals surface area contributed by atoms with Crippen molar-refractivity contribution >= 4 is 69.6 Å². The predicted molar refractivity (Wildman–Crippen MR) is 62.0 cm³/mol. The monoisotopic (exact) mass is 347 g/mol. The number of hydrogen-bond acceptors (Lipinski definition) is 1. The van der Waals surface area contributed by atoms with E-state index in [0.717, 1.165) is 0 Å². The molecule has 0 heterocycles. The molecule has 90 valence electrons. The lowest BCUT2D eigenvalue weighted by Gasteiger charge is -2.43. The Morgan fingerprint density at radius 1 is 1.19 bits per heavy atom. The number of rotatable bonds is 0. The van der Waals surface area contributed by atoms with Gasteiger partial charge in [0.2, 0.25) is 4.87 Å². The minimum absolute atomic E-state index is 0.564. The van der Waals surface area contributed by atoms with Gasteiger partial charge in [-0.2, -0.15) is 5.26 Å². The van der Waals surface area contributed by atoms with Crippen molar-refractivity contribution in [2.45, 2.75) is 20.5 Å². The molecule has 0 amide bonds. The maximum absolute atomic E-state index is 14.0. The Hall–Kier alpha value is 0.830. The minimum Gasteiger partial charge on any atom is -0.219 e. The molecule has 0 aromatic heterocycles. The first-order valence-electron chi connectivity index (χ1n) is 3.59. The van der Waals surface area contributed by atoms with E-state index in [9.17, 15) is 8.78 Å². The Bertz CT molecular complexity index is 400. The topological polar surface area (TPSA) is 23.8 Å². The molecule has 0 spiro atoms. The highest BCUT2D eigenvalue weighted by Crippen LogP contribution is 2.61. The van der Waals surface area contributed by atoms with E-state index in [1.165, 1.54) is 6.07 Å². The first-order chi connectivity index (χ1) is 7.04. The Balaban J connectivity index is 3.61. The SMILES string of the molecule is N#CC1(Cl)C(Cl)=C(Cl)C(Cl)C(F)(Cl)C1(F)Cl. The van der Waals surface area contributed by atoms with Gasteiger partial charge >= 0.3 is 0 Å². The highest BCUT2D eigenvalue weighted by atomic mass is 35.5. The van der Waals surface area contributed by atoms with Crippen LogP contribution in [0.2, 0.25) is 0 Å². The van der Waals surface area contributed by atoms with Gasteiger partial charge in [0.1, 0.15) is 5.38 Å². The van der Waals surface area contributed by atoms with Crippen molar-refractivity contribution < 1.29 is 8.78 Å². The minimum atomic E-state index is -3.53. The zero-order chi connectivity index (χ0) is 12.9. The van der Waals surface area contributed by atoms with E-state index in [1.54, 1.807) is 0 Å². The lowest BCUT2D eigenvalue weighted by molar-refractivity contribution is 0.0761. The molecule has 0 fully saturated rings. The molecule has 0 bridgehead atoms. The molecule has 0 aromatic carbocycles. The van der Waals surface area contributed by atoms with Gasteiger partial charge < -0.3 is 0 Å². The molecule has 1 aliphatic rings. The summed E-state index contributed by atoms with van der Waals surface area (Å²) in [6, 6.07) is 1.23. The summed E-state index contributed by atoms with van der Waals surface area (Å²) in [7, 11) is 0. The van der Waals surface area contributed by atoms with E-state index in [1.807, 2.05) is 0 Å². The van der Waals surface area contributed by atoms with Crippen molar-refractivity contribution in [3.05, 3.63) is 10.1 Å². The Morgan fingerprint density at radius 3 is 2.00 bits per heavy atom. The van der Waals surface area contributed by atoms with Crippen LogP contribution in [0.4, 0.5) is 8.78 Å². The molecule has 4 unspecified atom stereocenters. The lowest BCUT2D eigenvalue weighted by atomic mass is 9.90. The zero-order valence-electron chi connectivity index (χ0n) is 7.05. The lowest BCUT2D eigenvalue weighted by Crippen LogP contribution is -2.61. The molecular weight excluding hydrogens is 349 g/mol. The van der Waals surface area contributed by atoms with Crippen LogP contribution in [0, 0.1) is 11.3 Å². The smallest absolute Gasteiger partial charge is 0.219 e. The zero-order valence-corrected chi connectivity index (χ0v) is 11.6. The molecule has 0 saturated carbocycles. The molecule has 4 atom stereocenters. The van der Waals surface area contributed by atoms with Crippen LogP contribution < -0.4 is 0 Å². The van der Waals surface area contributed by atoms with E-state index in [4.69, 9.17) is 74.9 Å². The molecule has 9 heteroatoms. The third-order valence-electron chi connectivity index (χ3n) is 2.06. The Labute approximate surface area is 120 Å². The summed E-state index contributed by atoms with van der Waals surface area (Å²) in [5.41, 5.74) is 0. The van der Waals surface area contributed by atoms with E-state index < -0.39 is 30.6 Å². The number of halogens is 8. The summed E-state index contributed by atoms with van der Waals surface area (Å²) in [5, 5.41) is -1.27. The predicted octanol–water partition coefficient (Wildman–Crippen LogP) is 4.61. The average molecular weight is 350 g/mol. The summed E-state index contributed by atoms with van der Waals surface area (Å²) in [6.07, 6.45) is 0. The standard InChI is InChI=1S/C7HCl6F2N/c8-2-3(9)5(11,1-16)7(13,15)6(12,14)4(2)10/h4H. The fraction of sp³-hybridized carbons (Fsp3) is 0.571. The van der Waals surface area contributed by atoms with E-state index >= 15 is 0 Å². The Kier molecular flexibility index (Phi) is 3.90. The Morgan fingerprint density at radius 2 is 1.62 bits per heavy atom.